The lowest BCUT2D eigenvalue weighted by Gasteiger charge is -2.10. The van der Waals surface area contributed by atoms with Crippen LogP contribution in [0.2, 0.25) is 0 Å². The lowest BCUT2D eigenvalue weighted by molar-refractivity contribution is 0.844. The van der Waals surface area contributed by atoms with E-state index in [2.05, 4.69) is 51.8 Å². The van der Waals surface area contributed by atoms with Crippen LogP contribution >= 0.6 is 23.1 Å². The molecule has 0 fully saturated rings. The molecule has 0 unspecified atom stereocenters. The molecule has 0 aliphatic carbocycles. The molecular formula is C16H22N4S2. The first-order valence-corrected chi connectivity index (χ1v) is 9.19. The van der Waals surface area contributed by atoms with E-state index in [0.29, 0.717) is 6.54 Å². The minimum atomic E-state index is 0.673. The number of hydrogen-bond acceptors (Lipinski definition) is 4. The number of aliphatic imine (C=N–C) groups is 1. The monoisotopic (exact) mass is 334 g/mol. The molecule has 0 aliphatic rings. The molecule has 2 N–H and O–H groups in total. The number of nitrogens with one attached hydrogen (secondary N) is 2. The highest BCUT2D eigenvalue weighted by Gasteiger charge is 2.00. The van der Waals surface area contributed by atoms with Gasteiger partial charge in [-0.25, -0.2) is 9.98 Å². The van der Waals surface area contributed by atoms with E-state index in [4.69, 9.17) is 0 Å². The summed E-state index contributed by atoms with van der Waals surface area (Å²) in [6.45, 7) is 6.51. The van der Waals surface area contributed by atoms with E-state index >= 15 is 0 Å². The summed E-state index contributed by atoms with van der Waals surface area (Å²) in [6, 6.07) is 10.4. The van der Waals surface area contributed by atoms with Crippen molar-refractivity contribution in [2.24, 2.45) is 4.99 Å². The Balaban J connectivity index is 1.76. The van der Waals surface area contributed by atoms with E-state index in [1.165, 1.54) is 9.77 Å². The number of nitrogens with zero attached hydrogens (tertiary/aromatic N) is 2. The van der Waals surface area contributed by atoms with Crippen LogP contribution < -0.4 is 10.6 Å². The number of guanidine groups is 1. The molecule has 6 heteroatoms. The van der Waals surface area contributed by atoms with Gasteiger partial charge in [0, 0.05) is 34.8 Å². The number of rotatable bonds is 7. The van der Waals surface area contributed by atoms with Crippen LogP contribution in [0.25, 0.3) is 0 Å². The summed E-state index contributed by atoms with van der Waals surface area (Å²) in [4.78, 5) is 11.3. The predicted octanol–water partition coefficient (Wildman–Crippen LogP) is 3.30. The lowest BCUT2D eigenvalue weighted by atomic mass is 10.4. The molecule has 0 aliphatic heterocycles. The molecule has 4 nitrogen and oxygen atoms in total. The van der Waals surface area contributed by atoms with E-state index in [1.54, 1.807) is 11.3 Å². The van der Waals surface area contributed by atoms with Crippen LogP contribution in [0, 0.1) is 6.92 Å². The van der Waals surface area contributed by atoms with E-state index in [9.17, 15) is 0 Å². The molecule has 0 amide bonds. The van der Waals surface area contributed by atoms with Crippen molar-refractivity contribution >= 4 is 29.1 Å². The molecule has 1 aromatic carbocycles. The van der Waals surface area contributed by atoms with Gasteiger partial charge in [0.15, 0.2) is 5.96 Å². The zero-order valence-electron chi connectivity index (χ0n) is 13.0. The van der Waals surface area contributed by atoms with Crippen LogP contribution in [0.3, 0.4) is 0 Å². The van der Waals surface area contributed by atoms with Crippen LogP contribution in [0.15, 0.2) is 46.4 Å². The minimum Gasteiger partial charge on any atom is -0.357 e. The third-order valence-electron chi connectivity index (χ3n) is 2.81. The minimum absolute atomic E-state index is 0.673. The van der Waals surface area contributed by atoms with Gasteiger partial charge in [-0.2, -0.15) is 0 Å². The molecule has 118 valence electrons. The Morgan fingerprint density at radius 1 is 1.27 bits per heavy atom. The summed E-state index contributed by atoms with van der Waals surface area (Å²) < 4.78 is 0. The van der Waals surface area contributed by atoms with Crippen molar-refractivity contribution in [1.82, 2.24) is 15.6 Å². The molecular weight excluding hydrogens is 312 g/mol. The average molecular weight is 335 g/mol. The third kappa shape index (κ3) is 6.07. The summed E-state index contributed by atoms with van der Waals surface area (Å²) in [5.41, 5.74) is 0. The average Bonchev–Trinajstić information content (AvgIpc) is 2.95. The first-order chi connectivity index (χ1) is 10.8. The molecule has 1 aromatic heterocycles. The number of thiazole rings is 1. The molecule has 0 saturated carbocycles. The van der Waals surface area contributed by atoms with E-state index in [1.807, 2.05) is 30.9 Å². The van der Waals surface area contributed by atoms with Gasteiger partial charge in [-0.15, -0.1) is 23.1 Å². The second kappa shape index (κ2) is 9.48. The van der Waals surface area contributed by atoms with Crippen LogP contribution in [-0.2, 0) is 6.54 Å². The van der Waals surface area contributed by atoms with Crippen LogP contribution in [0.5, 0.6) is 0 Å². The number of hydrogen-bond donors (Lipinski definition) is 2. The second-order valence-electron chi connectivity index (χ2n) is 4.63. The Kier molecular flexibility index (Phi) is 7.25. The van der Waals surface area contributed by atoms with E-state index < -0.39 is 0 Å². The van der Waals surface area contributed by atoms with Crippen molar-refractivity contribution in [3.8, 4) is 0 Å². The van der Waals surface area contributed by atoms with Crippen molar-refractivity contribution in [3.05, 3.63) is 46.4 Å². The molecule has 0 atom stereocenters. The van der Waals surface area contributed by atoms with Crippen molar-refractivity contribution in [3.63, 3.8) is 0 Å². The van der Waals surface area contributed by atoms with Gasteiger partial charge < -0.3 is 10.6 Å². The number of aromatic nitrogens is 1. The summed E-state index contributed by atoms with van der Waals surface area (Å²) in [5, 5.41) is 7.73. The largest absolute Gasteiger partial charge is 0.357 e. The van der Waals surface area contributed by atoms with Crippen molar-refractivity contribution in [2.45, 2.75) is 25.3 Å². The summed E-state index contributed by atoms with van der Waals surface area (Å²) in [7, 11) is 0. The zero-order valence-corrected chi connectivity index (χ0v) is 14.6. The highest BCUT2D eigenvalue weighted by molar-refractivity contribution is 7.99. The third-order valence-corrected chi connectivity index (χ3v) is 4.72. The maximum atomic E-state index is 4.60. The Morgan fingerprint density at radius 3 is 2.77 bits per heavy atom. The molecule has 2 aromatic rings. The molecule has 2 rings (SSSR count). The number of aryl methyl sites for hydroxylation is 1. The summed E-state index contributed by atoms with van der Waals surface area (Å²) >= 11 is 3.54. The number of benzene rings is 1. The molecule has 0 radical (unpaired) electrons. The summed E-state index contributed by atoms with van der Waals surface area (Å²) in [6.07, 6.45) is 1.90. The fourth-order valence-electron chi connectivity index (χ4n) is 1.83. The SMILES string of the molecule is CCNC(=NCc1cnc(C)s1)NCCSc1ccccc1. The van der Waals surface area contributed by atoms with Gasteiger partial charge in [-0.3, -0.25) is 0 Å². The first kappa shape index (κ1) is 16.8. The Hall–Kier alpha value is -1.53. The van der Waals surface area contributed by atoms with Crippen LogP contribution in [0.1, 0.15) is 16.8 Å². The van der Waals surface area contributed by atoms with Crippen LogP contribution in [-0.4, -0.2) is 29.8 Å². The topological polar surface area (TPSA) is 49.3 Å². The highest BCUT2D eigenvalue weighted by Crippen LogP contribution is 2.15. The molecule has 22 heavy (non-hydrogen) atoms. The van der Waals surface area contributed by atoms with Gasteiger partial charge in [0.25, 0.3) is 0 Å². The highest BCUT2D eigenvalue weighted by atomic mass is 32.2. The van der Waals surface area contributed by atoms with Gasteiger partial charge >= 0.3 is 0 Å². The Morgan fingerprint density at radius 2 is 2.09 bits per heavy atom. The zero-order chi connectivity index (χ0) is 15.6. The molecule has 0 spiro atoms. The van der Waals surface area contributed by atoms with E-state index in [0.717, 1.165) is 29.8 Å². The van der Waals surface area contributed by atoms with Crippen molar-refractivity contribution < 1.29 is 0 Å². The Bertz CT molecular complexity index is 581. The van der Waals surface area contributed by atoms with Gasteiger partial charge in [0.1, 0.15) is 0 Å². The Labute approximate surface area is 140 Å². The van der Waals surface area contributed by atoms with Gasteiger partial charge in [0.2, 0.25) is 0 Å². The number of thioether (sulfide) groups is 1. The smallest absolute Gasteiger partial charge is 0.191 e. The second-order valence-corrected chi connectivity index (χ2v) is 7.12. The molecule has 1 heterocycles. The molecule has 0 saturated heterocycles. The van der Waals surface area contributed by atoms with Gasteiger partial charge in [-0.1, -0.05) is 18.2 Å². The van der Waals surface area contributed by atoms with Gasteiger partial charge in [0.05, 0.1) is 11.6 Å². The summed E-state index contributed by atoms with van der Waals surface area (Å²) in [5.74, 6) is 1.87. The first-order valence-electron chi connectivity index (χ1n) is 7.39. The normalized spacial score (nSPS) is 11.5. The van der Waals surface area contributed by atoms with Gasteiger partial charge in [-0.05, 0) is 26.0 Å². The quantitative estimate of drug-likeness (QED) is 0.353. The maximum absolute atomic E-state index is 4.60. The standard InChI is InChI=1S/C16H22N4S2/c1-3-17-16(20-12-15-11-19-13(2)22-15)18-9-10-21-14-7-5-4-6-8-14/h4-8,11H,3,9-10,12H2,1-2H3,(H2,17,18,20). The van der Waals surface area contributed by atoms with Crippen molar-refractivity contribution in [1.29, 1.82) is 0 Å². The lowest BCUT2D eigenvalue weighted by Crippen LogP contribution is -2.38. The van der Waals surface area contributed by atoms with E-state index in [-0.39, 0.29) is 0 Å². The fourth-order valence-corrected chi connectivity index (χ4v) is 3.34. The van der Waals surface area contributed by atoms with Crippen LogP contribution in [0.4, 0.5) is 0 Å². The maximum Gasteiger partial charge on any atom is 0.191 e. The fraction of sp³-hybridized carbons (Fsp3) is 0.375. The predicted molar refractivity (Wildman–Crippen MR) is 96.8 cm³/mol. The van der Waals surface area contributed by atoms with Crippen molar-refractivity contribution in [2.75, 3.05) is 18.8 Å². The molecule has 0 bridgehead atoms.